The molecule has 1 fully saturated rings. The number of sulfonamides is 1. The Morgan fingerprint density at radius 3 is 2.50 bits per heavy atom. The van der Waals surface area contributed by atoms with Crippen molar-refractivity contribution in [3.8, 4) is 0 Å². The molecule has 3 heterocycles. The van der Waals surface area contributed by atoms with E-state index in [9.17, 15) is 22.0 Å². The van der Waals surface area contributed by atoms with Crippen LogP contribution in [0.3, 0.4) is 0 Å². The molecule has 0 aromatic carbocycles. The summed E-state index contributed by atoms with van der Waals surface area (Å²) in [7, 11) is -1.40. The molecule has 0 spiro atoms. The van der Waals surface area contributed by atoms with E-state index < -0.39 is 27.6 Å². The van der Waals surface area contributed by atoms with Gasteiger partial charge in [-0.2, -0.15) is 4.98 Å². The first kappa shape index (κ1) is 20.6. The van der Waals surface area contributed by atoms with Gasteiger partial charge in [-0.3, -0.25) is 9.36 Å². The molecule has 2 aromatic heterocycles. The lowest BCUT2D eigenvalue weighted by Gasteiger charge is -2.35. The van der Waals surface area contributed by atoms with Gasteiger partial charge in [0, 0.05) is 44.3 Å². The minimum Gasteiger partial charge on any atom is -0.341 e. The van der Waals surface area contributed by atoms with Gasteiger partial charge in [0.05, 0.1) is 11.8 Å². The number of pyridine rings is 1. The first-order valence-corrected chi connectivity index (χ1v) is 10.8. The van der Waals surface area contributed by atoms with Gasteiger partial charge in [0.15, 0.2) is 0 Å². The van der Waals surface area contributed by atoms with E-state index in [1.54, 1.807) is 6.92 Å². The number of aryl methyl sites for hydroxylation is 1. The third-order valence-corrected chi connectivity index (χ3v) is 6.45. The second kappa shape index (κ2) is 7.70. The molecule has 1 saturated heterocycles. The van der Waals surface area contributed by atoms with Gasteiger partial charge in [-0.15, -0.1) is 0 Å². The summed E-state index contributed by atoms with van der Waals surface area (Å²) in [6.45, 7) is 2.74. The number of alkyl halides is 2. The van der Waals surface area contributed by atoms with Crippen LogP contribution in [0.25, 0.3) is 11.0 Å². The number of hydrogen-bond acceptors (Lipinski definition) is 6. The molecule has 154 valence electrons. The normalized spacial score (nSPS) is 16.8. The maximum Gasteiger partial charge on any atom is 0.269 e. The lowest BCUT2D eigenvalue weighted by atomic mass is 10.1. The third-order valence-electron chi connectivity index (χ3n) is 5.15. The van der Waals surface area contributed by atoms with Crippen LogP contribution in [0.2, 0.25) is 0 Å². The molecular formula is C17H23F2N5O3S. The number of halogens is 2. The van der Waals surface area contributed by atoms with Gasteiger partial charge in [-0.25, -0.2) is 26.5 Å². The highest BCUT2D eigenvalue weighted by Gasteiger charge is 2.28. The predicted octanol–water partition coefficient (Wildman–Crippen LogP) is 1.61. The first-order chi connectivity index (χ1) is 13.1. The molecule has 8 nitrogen and oxygen atoms in total. The van der Waals surface area contributed by atoms with E-state index in [-0.39, 0.29) is 12.6 Å². The maximum atomic E-state index is 13.1. The Bertz CT molecular complexity index is 1030. The van der Waals surface area contributed by atoms with Crippen LogP contribution >= 0.6 is 0 Å². The van der Waals surface area contributed by atoms with E-state index in [4.69, 9.17) is 0 Å². The summed E-state index contributed by atoms with van der Waals surface area (Å²) >= 11 is 0. The van der Waals surface area contributed by atoms with Crippen LogP contribution in [0.4, 0.5) is 14.7 Å². The number of aromatic nitrogens is 3. The van der Waals surface area contributed by atoms with Crippen LogP contribution in [0.1, 0.15) is 31.8 Å². The molecule has 0 radical (unpaired) electrons. The van der Waals surface area contributed by atoms with Crippen molar-refractivity contribution in [1.29, 1.82) is 0 Å². The fraction of sp³-hybridized carbons (Fsp3) is 0.588. The summed E-state index contributed by atoms with van der Waals surface area (Å²) in [6.07, 6.45) is 1.02. The molecule has 0 amide bonds. The van der Waals surface area contributed by atoms with E-state index in [2.05, 4.69) is 9.97 Å². The topological polar surface area (TPSA) is 88.4 Å². The van der Waals surface area contributed by atoms with Gasteiger partial charge in [0.25, 0.3) is 12.0 Å². The number of hydrogen-bond donors (Lipinski definition) is 0. The van der Waals surface area contributed by atoms with Crippen molar-refractivity contribution in [2.75, 3.05) is 31.3 Å². The quantitative estimate of drug-likeness (QED) is 0.737. The molecule has 11 heteroatoms. The Labute approximate surface area is 161 Å². The van der Waals surface area contributed by atoms with Crippen molar-refractivity contribution in [2.24, 2.45) is 0 Å². The largest absolute Gasteiger partial charge is 0.341 e. The third kappa shape index (κ3) is 3.86. The minimum atomic E-state index is -3.21. The summed E-state index contributed by atoms with van der Waals surface area (Å²) in [6, 6.07) is 1.18. The van der Waals surface area contributed by atoms with Crippen molar-refractivity contribution in [1.82, 2.24) is 18.8 Å². The van der Waals surface area contributed by atoms with Gasteiger partial charge >= 0.3 is 0 Å². The van der Waals surface area contributed by atoms with Crippen LogP contribution < -0.4 is 10.5 Å². The van der Waals surface area contributed by atoms with Crippen molar-refractivity contribution in [3.05, 3.63) is 28.2 Å². The molecule has 0 N–H and O–H groups in total. The van der Waals surface area contributed by atoms with Gasteiger partial charge in [0.2, 0.25) is 16.0 Å². The SMILES string of the molecule is CCn1c(=O)c(C(F)F)cc2cnc(N(C)C3CCN(S(C)(=O)=O)CC3)nc21. The summed E-state index contributed by atoms with van der Waals surface area (Å²) in [5.41, 5.74) is -1.01. The average molecular weight is 415 g/mol. The molecule has 2 aromatic rings. The molecule has 1 aliphatic heterocycles. The number of fused-ring (bicyclic) bond motifs is 1. The Morgan fingerprint density at radius 2 is 1.96 bits per heavy atom. The zero-order valence-electron chi connectivity index (χ0n) is 16.0. The number of anilines is 1. The van der Waals surface area contributed by atoms with Gasteiger partial charge in [0.1, 0.15) is 5.65 Å². The highest BCUT2D eigenvalue weighted by molar-refractivity contribution is 7.88. The number of nitrogens with zero attached hydrogens (tertiary/aromatic N) is 5. The van der Waals surface area contributed by atoms with E-state index in [0.717, 1.165) is 6.07 Å². The standard InChI is InChI=1S/C17H23F2N5O3S/c1-4-24-15-11(9-13(14(18)19)16(24)25)10-20-17(21-15)22(2)12-5-7-23(8-6-12)28(3,26)27/h9-10,12,14H,4-8H2,1-3H3. The van der Waals surface area contributed by atoms with Crippen LogP contribution in [0.5, 0.6) is 0 Å². The highest BCUT2D eigenvalue weighted by atomic mass is 32.2. The molecule has 0 atom stereocenters. The summed E-state index contributed by atoms with van der Waals surface area (Å²) < 4.78 is 52.2. The Hall–Kier alpha value is -2.14. The summed E-state index contributed by atoms with van der Waals surface area (Å²) in [4.78, 5) is 22.9. The van der Waals surface area contributed by atoms with E-state index in [1.807, 2.05) is 11.9 Å². The van der Waals surface area contributed by atoms with Crippen molar-refractivity contribution in [2.45, 2.75) is 38.8 Å². The van der Waals surface area contributed by atoms with Gasteiger partial charge in [-0.1, -0.05) is 0 Å². The van der Waals surface area contributed by atoms with Gasteiger partial charge < -0.3 is 4.90 Å². The Balaban J connectivity index is 1.92. The zero-order valence-corrected chi connectivity index (χ0v) is 16.8. The molecular weight excluding hydrogens is 392 g/mol. The molecule has 0 unspecified atom stereocenters. The van der Waals surface area contributed by atoms with Crippen LogP contribution in [0, 0.1) is 0 Å². The zero-order chi connectivity index (χ0) is 20.6. The fourth-order valence-electron chi connectivity index (χ4n) is 3.52. The fourth-order valence-corrected chi connectivity index (χ4v) is 4.39. The van der Waals surface area contributed by atoms with E-state index in [1.165, 1.54) is 21.3 Å². The lowest BCUT2D eigenvalue weighted by Crippen LogP contribution is -2.45. The van der Waals surface area contributed by atoms with Crippen molar-refractivity contribution >= 4 is 27.0 Å². The van der Waals surface area contributed by atoms with Crippen LogP contribution in [0.15, 0.2) is 17.1 Å². The second-order valence-corrected chi connectivity index (χ2v) is 8.89. The number of rotatable bonds is 5. The van der Waals surface area contributed by atoms with Crippen LogP contribution in [-0.2, 0) is 16.6 Å². The van der Waals surface area contributed by atoms with E-state index >= 15 is 0 Å². The second-order valence-electron chi connectivity index (χ2n) is 6.90. The van der Waals surface area contributed by atoms with Gasteiger partial charge in [-0.05, 0) is 25.8 Å². The lowest BCUT2D eigenvalue weighted by molar-refractivity contribution is 0.149. The predicted molar refractivity (Wildman–Crippen MR) is 102 cm³/mol. The maximum absolute atomic E-state index is 13.1. The minimum absolute atomic E-state index is 0.0394. The van der Waals surface area contributed by atoms with Crippen molar-refractivity contribution in [3.63, 3.8) is 0 Å². The summed E-state index contributed by atoms with van der Waals surface area (Å²) in [5, 5.41) is 0.376. The molecule has 0 aliphatic carbocycles. The summed E-state index contributed by atoms with van der Waals surface area (Å²) in [5.74, 6) is 0.372. The van der Waals surface area contributed by atoms with Crippen LogP contribution in [-0.4, -0.2) is 59.7 Å². The monoisotopic (exact) mass is 415 g/mol. The molecule has 28 heavy (non-hydrogen) atoms. The number of piperidine rings is 1. The average Bonchev–Trinajstić information content (AvgIpc) is 2.65. The smallest absolute Gasteiger partial charge is 0.269 e. The first-order valence-electron chi connectivity index (χ1n) is 9.00. The molecule has 1 aliphatic rings. The molecule has 0 bridgehead atoms. The van der Waals surface area contributed by atoms with Crippen molar-refractivity contribution < 1.29 is 17.2 Å². The molecule has 0 saturated carbocycles. The van der Waals surface area contributed by atoms with E-state index in [0.29, 0.717) is 42.9 Å². The Morgan fingerprint density at radius 1 is 1.32 bits per heavy atom. The Kier molecular flexibility index (Phi) is 5.67. The molecule has 3 rings (SSSR count). The highest BCUT2D eigenvalue weighted by Crippen LogP contribution is 2.24.